The van der Waals surface area contributed by atoms with Gasteiger partial charge >= 0.3 is 0 Å². The van der Waals surface area contributed by atoms with Crippen molar-refractivity contribution >= 4 is 29.1 Å². The molecule has 1 atom stereocenters. The molecule has 0 radical (unpaired) electrons. The number of methoxy groups -OCH3 is 1. The lowest BCUT2D eigenvalue weighted by molar-refractivity contribution is -0.114. The van der Waals surface area contributed by atoms with Crippen molar-refractivity contribution in [2.75, 3.05) is 19.0 Å². The molecule has 0 aliphatic carbocycles. The molecule has 128 valence electrons. The Morgan fingerprint density at radius 2 is 2.12 bits per heavy atom. The number of halogens is 1. The van der Waals surface area contributed by atoms with E-state index in [9.17, 15) is 9.59 Å². The molecule has 2 N–H and O–H groups in total. The molecule has 0 spiro atoms. The summed E-state index contributed by atoms with van der Waals surface area (Å²) >= 11 is 6.12. The van der Waals surface area contributed by atoms with Gasteiger partial charge in [0, 0.05) is 33.0 Å². The Labute approximate surface area is 144 Å². The Morgan fingerprint density at radius 3 is 2.71 bits per heavy atom. The Hall–Kier alpha value is -2.38. The SMILES string of the molecule is COC[C@H](NC(=O)c1cc(NC(C)=O)ccc1Cl)c1ccnn1C. The van der Waals surface area contributed by atoms with Gasteiger partial charge in [-0.1, -0.05) is 11.6 Å². The summed E-state index contributed by atoms with van der Waals surface area (Å²) in [6, 6.07) is 6.16. The summed E-state index contributed by atoms with van der Waals surface area (Å²) in [5.74, 6) is -0.591. The number of hydrogen-bond acceptors (Lipinski definition) is 4. The van der Waals surface area contributed by atoms with E-state index in [0.29, 0.717) is 10.7 Å². The highest BCUT2D eigenvalue weighted by Gasteiger charge is 2.20. The Morgan fingerprint density at radius 1 is 1.38 bits per heavy atom. The van der Waals surface area contributed by atoms with E-state index in [1.165, 1.54) is 13.0 Å². The van der Waals surface area contributed by atoms with E-state index < -0.39 is 0 Å². The molecule has 1 heterocycles. The van der Waals surface area contributed by atoms with E-state index in [0.717, 1.165) is 5.69 Å². The van der Waals surface area contributed by atoms with E-state index in [1.54, 1.807) is 43.2 Å². The minimum absolute atomic E-state index is 0.226. The van der Waals surface area contributed by atoms with E-state index in [-0.39, 0.29) is 30.0 Å². The number of benzene rings is 1. The Kier molecular flexibility index (Phi) is 5.94. The first-order valence-corrected chi connectivity index (χ1v) is 7.65. The zero-order valence-corrected chi connectivity index (χ0v) is 14.4. The van der Waals surface area contributed by atoms with Gasteiger partial charge in [-0.3, -0.25) is 14.3 Å². The van der Waals surface area contributed by atoms with E-state index in [1.807, 2.05) is 0 Å². The molecule has 1 aromatic heterocycles. The summed E-state index contributed by atoms with van der Waals surface area (Å²) < 4.78 is 6.85. The number of aromatic nitrogens is 2. The van der Waals surface area contributed by atoms with Crippen LogP contribution in [0.15, 0.2) is 30.5 Å². The third-order valence-corrected chi connectivity index (χ3v) is 3.72. The van der Waals surface area contributed by atoms with Crippen LogP contribution in [-0.2, 0) is 16.6 Å². The van der Waals surface area contributed by atoms with Crippen LogP contribution in [0.3, 0.4) is 0 Å². The van der Waals surface area contributed by atoms with Gasteiger partial charge in [0.25, 0.3) is 5.91 Å². The molecule has 0 saturated heterocycles. The van der Waals surface area contributed by atoms with Gasteiger partial charge in [0.05, 0.1) is 28.9 Å². The van der Waals surface area contributed by atoms with Crippen LogP contribution in [0.4, 0.5) is 5.69 Å². The smallest absolute Gasteiger partial charge is 0.253 e. The second-order valence-corrected chi connectivity index (χ2v) is 5.64. The van der Waals surface area contributed by atoms with Crippen molar-refractivity contribution in [1.29, 1.82) is 0 Å². The first-order chi connectivity index (χ1) is 11.4. The maximum Gasteiger partial charge on any atom is 0.253 e. The topological polar surface area (TPSA) is 85.2 Å². The average molecular weight is 351 g/mol. The molecule has 2 rings (SSSR count). The van der Waals surface area contributed by atoms with E-state index >= 15 is 0 Å². The maximum atomic E-state index is 12.6. The zero-order chi connectivity index (χ0) is 17.7. The summed E-state index contributed by atoms with van der Waals surface area (Å²) in [6.45, 7) is 1.68. The molecular weight excluding hydrogens is 332 g/mol. The predicted molar refractivity (Wildman–Crippen MR) is 91.0 cm³/mol. The molecule has 0 bridgehead atoms. The van der Waals surface area contributed by atoms with Gasteiger partial charge in [0.2, 0.25) is 5.91 Å². The third kappa shape index (κ3) is 4.33. The van der Waals surface area contributed by atoms with Crippen molar-refractivity contribution in [1.82, 2.24) is 15.1 Å². The maximum absolute atomic E-state index is 12.6. The van der Waals surface area contributed by atoms with Crippen molar-refractivity contribution < 1.29 is 14.3 Å². The fourth-order valence-electron chi connectivity index (χ4n) is 2.31. The van der Waals surface area contributed by atoms with Crippen LogP contribution in [-0.4, -0.2) is 35.3 Å². The fraction of sp³-hybridized carbons (Fsp3) is 0.312. The molecule has 0 aliphatic rings. The second-order valence-electron chi connectivity index (χ2n) is 5.24. The first kappa shape index (κ1) is 18.0. The summed E-state index contributed by atoms with van der Waals surface area (Å²) in [6.07, 6.45) is 1.65. The summed E-state index contributed by atoms with van der Waals surface area (Å²) in [5, 5.41) is 9.90. The number of nitrogens with one attached hydrogen (secondary N) is 2. The number of ether oxygens (including phenoxy) is 1. The van der Waals surface area contributed by atoms with Gasteiger partial charge < -0.3 is 15.4 Å². The van der Waals surface area contributed by atoms with Gasteiger partial charge in [-0.05, 0) is 24.3 Å². The molecule has 0 saturated carbocycles. The first-order valence-electron chi connectivity index (χ1n) is 7.27. The minimum Gasteiger partial charge on any atom is -0.382 e. The summed E-state index contributed by atoms with van der Waals surface area (Å²) in [7, 11) is 3.34. The Bertz CT molecular complexity index is 745. The summed E-state index contributed by atoms with van der Waals surface area (Å²) in [5.41, 5.74) is 1.58. The van der Waals surface area contributed by atoms with Crippen molar-refractivity contribution in [2.45, 2.75) is 13.0 Å². The van der Waals surface area contributed by atoms with Gasteiger partial charge in [0.15, 0.2) is 0 Å². The number of amides is 2. The standard InChI is InChI=1S/C16H19ClN4O3/c1-10(22)19-11-4-5-13(17)12(8-11)16(23)20-14(9-24-3)15-6-7-18-21(15)2/h4-8,14H,9H2,1-3H3,(H,19,22)(H,20,23)/t14-/m0/s1. The van der Waals surface area contributed by atoms with E-state index in [2.05, 4.69) is 15.7 Å². The number of carbonyl (C=O) groups excluding carboxylic acids is 2. The number of anilines is 1. The molecule has 24 heavy (non-hydrogen) atoms. The van der Waals surface area contributed by atoms with Crippen molar-refractivity contribution in [3.8, 4) is 0 Å². The second kappa shape index (κ2) is 7.94. The monoisotopic (exact) mass is 350 g/mol. The molecule has 8 heteroatoms. The number of hydrogen-bond donors (Lipinski definition) is 2. The van der Waals surface area contributed by atoms with Gasteiger partial charge in [-0.25, -0.2) is 0 Å². The summed E-state index contributed by atoms with van der Waals surface area (Å²) in [4.78, 5) is 23.8. The molecule has 7 nitrogen and oxygen atoms in total. The molecule has 2 aromatic rings. The van der Waals surface area contributed by atoms with Gasteiger partial charge in [-0.15, -0.1) is 0 Å². The zero-order valence-electron chi connectivity index (χ0n) is 13.7. The van der Waals surface area contributed by atoms with Crippen molar-refractivity contribution in [2.24, 2.45) is 7.05 Å². The number of carbonyl (C=O) groups is 2. The largest absolute Gasteiger partial charge is 0.382 e. The average Bonchev–Trinajstić information content (AvgIpc) is 2.94. The molecular formula is C16H19ClN4O3. The number of aryl methyl sites for hydroxylation is 1. The normalized spacial score (nSPS) is 11.8. The van der Waals surface area contributed by atoms with E-state index in [4.69, 9.17) is 16.3 Å². The van der Waals surface area contributed by atoms with Crippen LogP contribution in [0.1, 0.15) is 29.0 Å². The van der Waals surface area contributed by atoms with Gasteiger partial charge in [0.1, 0.15) is 0 Å². The fourth-order valence-corrected chi connectivity index (χ4v) is 2.51. The van der Waals surface area contributed by atoms with Crippen LogP contribution in [0.2, 0.25) is 5.02 Å². The molecule has 2 amide bonds. The van der Waals surface area contributed by atoms with Crippen molar-refractivity contribution in [3.63, 3.8) is 0 Å². The quantitative estimate of drug-likeness (QED) is 0.836. The number of nitrogens with zero attached hydrogens (tertiary/aromatic N) is 2. The molecule has 0 unspecified atom stereocenters. The molecule has 1 aromatic carbocycles. The minimum atomic E-state index is -0.379. The van der Waals surface area contributed by atoms with Gasteiger partial charge in [-0.2, -0.15) is 5.10 Å². The van der Waals surface area contributed by atoms with Crippen LogP contribution >= 0.6 is 11.6 Å². The lowest BCUT2D eigenvalue weighted by atomic mass is 10.1. The van der Waals surface area contributed by atoms with Crippen LogP contribution in [0, 0.1) is 0 Å². The predicted octanol–water partition coefficient (Wildman–Crippen LogP) is 2.15. The third-order valence-electron chi connectivity index (χ3n) is 3.39. The van der Waals surface area contributed by atoms with Crippen LogP contribution < -0.4 is 10.6 Å². The molecule has 0 aliphatic heterocycles. The molecule has 0 fully saturated rings. The highest BCUT2D eigenvalue weighted by atomic mass is 35.5. The van der Waals surface area contributed by atoms with Crippen LogP contribution in [0.25, 0.3) is 0 Å². The highest BCUT2D eigenvalue weighted by Crippen LogP contribution is 2.22. The Balaban J connectivity index is 2.23. The number of rotatable bonds is 6. The highest BCUT2D eigenvalue weighted by molar-refractivity contribution is 6.34. The lowest BCUT2D eigenvalue weighted by Gasteiger charge is -2.19. The van der Waals surface area contributed by atoms with Crippen LogP contribution in [0.5, 0.6) is 0 Å². The lowest BCUT2D eigenvalue weighted by Crippen LogP contribution is -2.33. The van der Waals surface area contributed by atoms with Crippen molar-refractivity contribution in [3.05, 3.63) is 46.7 Å².